The molecule has 6 heteroatoms. The maximum Gasteiger partial charge on any atom is 0.330 e. The molecule has 0 heterocycles. The van der Waals surface area contributed by atoms with Crippen LogP contribution in [0.25, 0.3) is 0 Å². The van der Waals surface area contributed by atoms with Gasteiger partial charge < -0.3 is 9.47 Å². The predicted octanol–water partition coefficient (Wildman–Crippen LogP) is 5.74. The maximum absolute atomic E-state index is 13.1. The standard InChI is InChI=1S/C32H40N2O4/c1-2-31(35)37-19-3-4-20-38-32(36)30-21-26(10-5-24-6-11-27(22-33)12-7-24)16-18-29(30)17-15-25-8-13-28(23-34)14-9-25/h2,24-30H,1,3-4,6-9,11-14,16,18-21H2. The molecule has 0 aromatic heterocycles. The fourth-order valence-electron chi connectivity index (χ4n) is 5.64. The number of unbranched alkanes of at least 4 members (excludes halogenated alkanes) is 1. The fourth-order valence-corrected chi connectivity index (χ4v) is 5.64. The molecule has 0 aliphatic heterocycles. The summed E-state index contributed by atoms with van der Waals surface area (Å²) in [5, 5.41) is 18.3. The van der Waals surface area contributed by atoms with Crippen molar-refractivity contribution in [2.75, 3.05) is 13.2 Å². The molecule has 0 aromatic rings. The van der Waals surface area contributed by atoms with Crippen molar-refractivity contribution >= 4 is 11.9 Å². The summed E-state index contributed by atoms with van der Waals surface area (Å²) in [5.74, 6) is 14.0. The molecule has 38 heavy (non-hydrogen) atoms. The topological polar surface area (TPSA) is 100 Å². The Morgan fingerprint density at radius 3 is 1.71 bits per heavy atom. The van der Waals surface area contributed by atoms with Crippen LogP contribution in [-0.2, 0) is 19.1 Å². The van der Waals surface area contributed by atoms with Crippen LogP contribution in [0.1, 0.15) is 83.5 Å². The van der Waals surface area contributed by atoms with Crippen LogP contribution in [0.4, 0.5) is 0 Å². The molecular formula is C32H40N2O4. The smallest absolute Gasteiger partial charge is 0.330 e. The van der Waals surface area contributed by atoms with Gasteiger partial charge in [0.25, 0.3) is 0 Å². The minimum Gasteiger partial charge on any atom is -0.465 e. The Bertz CT molecular complexity index is 1010. The van der Waals surface area contributed by atoms with Crippen LogP contribution in [-0.4, -0.2) is 25.2 Å². The quantitative estimate of drug-likeness (QED) is 0.185. The van der Waals surface area contributed by atoms with E-state index in [0.29, 0.717) is 31.1 Å². The van der Waals surface area contributed by atoms with Gasteiger partial charge in [0.2, 0.25) is 0 Å². The van der Waals surface area contributed by atoms with Crippen LogP contribution in [0.3, 0.4) is 0 Å². The third-order valence-corrected chi connectivity index (χ3v) is 8.13. The minimum atomic E-state index is -0.447. The second-order valence-electron chi connectivity index (χ2n) is 10.9. The summed E-state index contributed by atoms with van der Waals surface area (Å²) in [7, 11) is 0. The zero-order chi connectivity index (χ0) is 27.2. The van der Waals surface area contributed by atoms with E-state index in [1.807, 2.05) is 0 Å². The molecule has 0 amide bonds. The minimum absolute atomic E-state index is 0.0335. The zero-order valence-corrected chi connectivity index (χ0v) is 22.5. The Kier molecular flexibility index (Phi) is 12.3. The Hall–Kier alpha value is -3.22. The first-order valence-corrected chi connectivity index (χ1v) is 14.3. The third-order valence-electron chi connectivity index (χ3n) is 8.13. The molecule has 0 saturated heterocycles. The van der Waals surface area contributed by atoms with E-state index < -0.39 is 5.97 Å². The lowest BCUT2D eigenvalue weighted by Crippen LogP contribution is -2.32. The lowest BCUT2D eigenvalue weighted by Gasteiger charge is -2.30. The number of ether oxygens (including phenoxy) is 2. The van der Waals surface area contributed by atoms with E-state index in [0.717, 1.165) is 70.3 Å². The molecule has 0 spiro atoms. The van der Waals surface area contributed by atoms with Crippen LogP contribution in [0.15, 0.2) is 12.7 Å². The number of carbonyl (C=O) groups excluding carboxylic acids is 2. The van der Waals surface area contributed by atoms with E-state index in [-0.39, 0.29) is 48.8 Å². The van der Waals surface area contributed by atoms with Crippen molar-refractivity contribution in [2.24, 2.45) is 41.4 Å². The van der Waals surface area contributed by atoms with Crippen molar-refractivity contribution in [3.8, 4) is 35.8 Å². The molecule has 6 nitrogen and oxygen atoms in total. The molecule has 3 aliphatic carbocycles. The van der Waals surface area contributed by atoms with Gasteiger partial charge in [0.15, 0.2) is 0 Å². The third kappa shape index (κ3) is 9.58. The van der Waals surface area contributed by atoms with E-state index in [4.69, 9.17) is 20.0 Å². The number of esters is 2. The second kappa shape index (κ2) is 15.9. The number of nitriles is 2. The first-order valence-electron chi connectivity index (χ1n) is 14.3. The lowest BCUT2D eigenvalue weighted by molar-refractivity contribution is -0.151. The van der Waals surface area contributed by atoms with Crippen LogP contribution in [0, 0.1) is 87.8 Å². The van der Waals surface area contributed by atoms with Gasteiger partial charge in [-0.15, -0.1) is 0 Å². The van der Waals surface area contributed by atoms with E-state index in [1.54, 1.807) is 0 Å². The van der Waals surface area contributed by atoms with Crippen LogP contribution in [0.2, 0.25) is 0 Å². The van der Waals surface area contributed by atoms with Crippen LogP contribution >= 0.6 is 0 Å². The monoisotopic (exact) mass is 516 g/mol. The van der Waals surface area contributed by atoms with E-state index in [1.165, 1.54) is 0 Å². The lowest BCUT2D eigenvalue weighted by atomic mass is 9.73. The van der Waals surface area contributed by atoms with Crippen molar-refractivity contribution in [3.63, 3.8) is 0 Å². The van der Waals surface area contributed by atoms with E-state index in [9.17, 15) is 9.59 Å². The van der Waals surface area contributed by atoms with Crippen molar-refractivity contribution in [3.05, 3.63) is 12.7 Å². The van der Waals surface area contributed by atoms with E-state index in [2.05, 4.69) is 42.4 Å². The van der Waals surface area contributed by atoms with Crippen molar-refractivity contribution < 1.29 is 19.1 Å². The van der Waals surface area contributed by atoms with Gasteiger partial charge in [-0.05, 0) is 83.5 Å². The molecule has 3 aliphatic rings. The highest BCUT2D eigenvalue weighted by molar-refractivity contribution is 5.81. The normalized spacial score (nSPS) is 30.5. The Labute approximate surface area is 228 Å². The summed E-state index contributed by atoms with van der Waals surface area (Å²) in [6.07, 6.45) is 12.3. The highest BCUT2D eigenvalue weighted by Gasteiger charge is 2.35. The van der Waals surface area contributed by atoms with Crippen molar-refractivity contribution in [1.29, 1.82) is 10.5 Å². The number of hydrogen-bond acceptors (Lipinski definition) is 6. The number of hydrogen-bond donors (Lipinski definition) is 0. The number of rotatable bonds is 7. The second-order valence-corrected chi connectivity index (χ2v) is 10.9. The molecule has 3 atom stereocenters. The molecule has 3 rings (SSSR count). The summed E-state index contributed by atoms with van der Waals surface area (Å²) < 4.78 is 10.6. The molecule has 0 aromatic carbocycles. The molecule has 0 bridgehead atoms. The Balaban J connectivity index is 1.56. The first kappa shape index (κ1) is 29.3. The molecule has 0 radical (unpaired) electrons. The first-order chi connectivity index (χ1) is 18.5. The fraction of sp³-hybridized carbons (Fsp3) is 0.688. The SMILES string of the molecule is C=CC(=O)OCCCCOC(=O)C1CC(C#CC2CCC(C#N)CC2)CCC1C#CC1CCC(C#N)CC1. The van der Waals surface area contributed by atoms with Gasteiger partial charge in [-0.25, -0.2) is 4.79 Å². The van der Waals surface area contributed by atoms with Gasteiger partial charge in [-0.1, -0.05) is 30.3 Å². The zero-order valence-electron chi connectivity index (χ0n) is 22.5. The summed E-state index contributed by atoms with van der Waals surface area (Å²) >= 11 is 0. The summed E-state index contributed by atoms with van der Waals surface area (Å²) in [6.45, 7) is 3.94. The highest BCUT2D eigenvalue weighted by atomic mass is 16.5. The summed E-state index contributed by atoms with van der Waals surface area (Å²) in [4.78, 5) is 24.3. The van der Waals surface area contributed by atoms with Crippen molar-refractivity contribution in [2.45, 2.75) is 83.5 Å². The Morgan fingerprint density at radius 1 is 0.684 bits per heavy atom. The number of carbonyl (C=O) groups is 2. The van der Waals surface area contributed by atoms with Gasteiger partial charge in [0, 0.05) is 41.6 Å². The predicted molar refractivity (Wildman–Crippen MR) is 143 cm³/mol. The molecular weight excluding hydrogens is 476 g/mol. The van der Waals surface area contributed by atoms with Gasteiger partial charge in [-0.2, -0.15) is 10.5 Å². The summed E-state index contributed by atoms with van der Waals surface area (Å²) in [5.41, 5.74) is 0. The van der Waals surface area contributed by atoms with Gasteiger partial charge in [0.05, 0.1) is 31.3 Å². The molecule has 3 unspecified atom stereocenters. The van der Waals surface area contributed by atoms with Crippen molar-refractivity contribution in [1.82, 2.24) is 0 Å². The highest BCUT2D eigenvalue weighted by Crippen LogP contribution is 2.36. The molecule has 202 valence electrons. The largest absolute Gasteiger partial charge is 0.465 e. The maximum atomic E-state index is 13.1. The molecule has 3 saturated carbocycles. The van der Waals surface area contributed by atoms with Crippen LogP contribution in [0.5, 0.6) is 0 Å². The average Bonchev–Trinajstić information content (AvgIpc) is 2.97. The molecule has 0 N–H and O–H groups in total. The van der Waals surface area contributed by atoms with E-state index >= 15 is 0 Å². The molecule has 3 fully saturated rings. The van der Waals surface area contributed by atoms with Gasteiger partial charge in [0.1, 0.15) is 0 Å². The average molecular weight is 517 g/mol. The van der Waals surface area contributed by atoms with Gasteiger partial charge >= 0.3 is 11.9 Å². The van der Waals surface area contributed by atoms with Gasteiger partial charge in [-0.3, -0.25) is 4.79 Å². The Morgan fingerprint density at radius 2 is 1.16 bits per heavy atom. The number of nitrogens with zero attached hydrogens (tertiary/aromatic N) is 2. The van der Waals surface area contributed by atoms with Crippen LogP contribution < -0.4 is 0 Å². The summed E-state index contributed by atoms with van der Waals surface area (Å²) in [6, 6.07) is 4.75.